The highest BCUT2D eigenvalue weighted by Gasteiger charge is 2.44. The summed E-state index contributed by atoms with van der Waals surface area (Å²) in [6, 6.07) is 25.7. The van der Waals surface area contributed by atoms with E-state index in [1.165, 1.54) is 34.1 Å². The highest BCUT2D eigenvalue weighted by Crippen LogP contribution is 2.40. The fourth-order valence-electron chi connectivity index (χ4n) is 10.8. The number of ketones is 1. The minimum atomic E-state index is -5.07. The van der Waals surface area contributed by atoms with E-state index in [0.717, 1.165) is 47.3 Å². The number of carbonyl (C=O) groups excluding carboxylic acids is 9. The van der Waals surface area contributed by atoms with E-state index < -0.39 is 72.9 Å². The van der Waals surface area contributed by atoms with Crippen LogP contribution in [0.4, 0.5) is 0 Å². The molecule has 19 nitrogen and oxygen atoms in total. The first-order valence-electron chi connectivity index (χ1n) is 27.7. The molecule has 0 spiro atoms. The number of nitrogens with zero attached hydrogens (tertiary/aromatic N) is 2. The molecule has 7 amide bonds. The van der Waals surface area contributed by atoms with Crippen molar-refractivity contribution in [3.8, 4) is 11.8 Å². The van der Waals surface area contributed by atoms with Crippen molar-refractivity contribution >= 4 is 81.7 Å². The highest BCUT2D eigenvalue weighted by molar-refractivity contribution is 7.70. The van der Waals surface area contributed by atoms with Gasteiger partial charge in [-0.1, -0.05) is 111 Å². The monoisotopic (exact) mass is 1150 g/mol. The second kappa shape index (κ2) is 27.9. The number of thiophene rings is 1. The summed E-state index contributed by atoms with van der Waals surface area (Å²) in [7, 11) is -5.07. The number of nitrogens with two attached hydrogens (primary N) is 1. The molecule has 5 aromatic rings. The molecule has 3 aliphatic heterocycles. The van der Waals surface area contributed by atoms with Crippen LogP contribution in [0.2, 0.25) is 0 Å². The van der Waals surface area contributed by atoms with E-state index in [-0.39, 0.29) is 92.0 Å². The Morgan fingerprint density at radius 2 is 1.57 bits per heavy atom. The van der Waals surface area contributed by atoms with Gasteiger partial charge in [0.1, 0.15) is 18.1 Å². The quantitative estimate of drug-likeness (QED) is 0.0144. The molecule has 4 aromatic carbocycles. The lowest BCUT2D eigenvalue weighted by Gasteiger charge is -2.30. The molecular formula is C61H67N6O13PS. The summed E-state index contributed by atoms with van der Waals surface area (Å²) in [4.78, 5) is 142. The summed E-state index contributed by atoms with van der Waals surface area (Å²) in [5.41, 5.74) is 7.75. The molecule has 0 bridgehead atoms. The summed E-state index contributed by atoms with van der Waals surface area (Å²) >= 11 is 1.06. The number of benzene rings is 4. The summed E-state index contributed by atoms with van der Waals surface area (Å²) in [6.07, 6.45) is 4.67. The van der Waals surface area contributed by atoms with E-state index in [0.29, 0.717) is 53.5 Å². The topological polar surface area (TPSA) is 289 Å². The summed E-state index contributed by atoms with van der Waals surface area (Å²) in [6.45, 7) is 2.47. The van der Waals surface area contributed by atoms with Crippen LogP contribution in [0, 0.1) is 11.8 Å². The van der Waals surface area contributed by atoms with E-state index >= 15 is 0 Å². The molecule has 4 heterocycles. The van der Waals surface area contributed by atoms with Crippen molar-refractivity contribution in [1.82, 2.24) is 25.8 Å². The zero-order valence-electron chi connectivity index (χ0n) is 45.5. The summed E-state index contributed by atoms with van der Waals surface area (Å²) in [5, 5.41) is 8.49. The van der Waals surface area contributed by atoms with Crippen molar-refractivity contribution in [2.75, 3.05) is 13.2 Å². The second-order valence-corrected chi connectivity index (χ2v) is 23.5. The Balaban J connectivity index is 0.936. The number of amides is 7. The predicted molar refractivity (Wildman–Crippen MR) is 306 cm³/mol. The maximum absolute atomic E-state index is 14.9. The number of primary amides is 1. The molecule has 1 unspecified atom stereocenters. The van der Waals surface area contributed by atoms with Crippen molar-refractivity contribution in [2.45, 2.75) is 140 Å². The number of ether oxygens (including phenoxy) is 1. The van der Waals surface area contributed by atoms with Crippen LogP contribution in [0.3, 0.4) is 0 Å². The van der Waals surface area contributed by atoms with E-state index in [1.54, 1.807) is 12.1 Å². The van der Waals surface area contributed by atoms with Gasteiger partial charge in [0.15, 0.2) is 5.78 Å². The highest BCUT2D eigenvalue weighted by atomic mass is 32.1. The molecule has 2 saturated heterocycles. The Morgan fingerprint density at radius 3 is 2.26 bits per heavy atom. The Labute approximate surface area is 479 Å². The minimum absolute atomic E-state index is 0.00563. The molecule has 2 fully saturated rings. The number of unbranched alkanes of at least 4 members (excludes halogenated alkanes) is 5. The van der Waals surface area contributed by atoms with Crippen LogP contribution >= 0.6 is 18.9 Å². The van der Waals surface area contributed by atoms with Crippen molar-refractivity contribution in [3.63, 3.8) is 0 Å². The fourth-order valence-corrected chi connectivity index (χ4v) is 12.2. The Kier molecular flexibility index (Phi) is 20.5. The van der Waals surface area contributed by atoms with Crippen LogP contribution in [0.5, 0.6) is 0 Å². The van der Waals surface area contributed by atoms with Gasteiger partial charge in [0.2, 0.25) is 29.5 Å². The van der Waals surface area contributed by atoms with Crippen molar-refractivity contribution in [2.24, 2.45) is 5.73 Å². The molecule has 8 rings (SSSR count). The van der Waals surface area contributed by atoms with Gasteiger partial charge >= 0.3 is 7.60 Å². The third-order valence-electron chi connectivity index (χ3n) is 15.1. The first-order valence-corrected chi connectivity index (χ1v) is 30.2. The molecule has 0 aliphatic carbocycles. The minimum Gasteiger partial charge on any atom is -0.376 e. The van der Waals surface area contributed by atoms with E-state index in [4.69, 9.17) is 10.5 Å². The molecule has 430 valence electrons. The van der Waals surface area contributed by atoms with Crippen molar-refractivity contribution in [3.05, 3.63) is 141 Å². The van der Waals surface area contributed by atoms with Crippen LogP contribution in [-0.4, -0.2) is 116 Å². The third-order valence-corrected chi connectivity index (χ3v) is 17.0. The number of rotatable bonds is 26. The summed E-state index contributed by atoms with van der Waals surface area (Å²) in [5.74, 6) is 2.18. The van der Waals surface area contributed by atoms with Gasteiger partial charge in [-0.3, -0.25) is 53.0 Å². The third kappa shape index (κ3) is 15.3. The Bertz CT molecular complexity index is 3300. The molecular weight excluding hydrogens is 1090 g/mol. The smallest absolute Gasteiger partial charge is 0.376 e. The maximum atomic E-state index is 14.9. The van der Waals surface area contributed by atoms with Crippen LogP contribution in [-0.2, 0) is 44.6 Å². The van der Waals surface area contributed by atoms with Gasteiger partial charge in [0.25, 0.3) is 17.3 Å². The van der Waals surface area contributed by atoms with Crippen LogP contribution in [0.25, 0.3) is 10.1 Å². The van der Waals surface area contributed by atoms with Crippen LogP contribution < -0.4 is 21.7 Å². The van der Waals surface area contributed by atoms with Crippen LogP contribution in [0.1, 0.15) is 155 Å². The Hall–Kier alpha value is -7.66. The van der Waals surface area contributed by atoms with Gasteiger partial charge in [-0.2, -0.15) is 0 Å². The van der Waals surface area contributed by atoms with Gasteiger partial charge in [-0.15, -0.1) is 11.3 Å². The molecule has 1 aromatic heterocycles. The second-order valence-electron chi connectivity index (χ2n) is 20.9. The average Bonchev–Trinajstić information content (AvgIpc) is 3.88. The van der Waals surface area contributed by atoms with E-state index in [2.05, 4.69) is 27.8 Å². The number of fused-ring (bicyclic) bond motifs is 2. The van der Waals surface area contributed by atoms with Gasteiger partial charge < -0.3 is 40.7 Å². The molecule has 0 saturated carbocycles. The Morgan fingerprint density at radius 1 is 0.854 bits per heavy atom. The lowest BCUT2D eigenvalue weighted by molar-refractivity contribution is -0.141. The van der Waals surface area contributed by atoms with E-state index in [9.17, 15) is 57.5 Å². The number of imide groups is 1. The van der Waals surface area contributed by atoms with Gasteiger partial charge in [-0.25, -0.2) is 0 Å². The number of hydrogen-bond donors (Lipinski definition) is 6. The molecule has 0 radical (unpaired) electrons. The zero-order chi connectivity index (χ0) is 58.5. The number of nitrogens with one attached hydrogen (secondary N) is 3. The summed E-state index contributed by atoms with van der Waals surface area (Å²) < 4.78 is 18.6. The van der Waals surface area contributed by atoms with Crippen LogP contribution in [0.15, 0.2) is 103 Å². The first-order chi connectivity index (χ1) is 39.4. The van der Waals surface area contributed by atoms with Crippen molar-refractivity contribution < 1.29 is 62.2 Å². The molecule has 7 N–H and O–H groups in total. The first kappa shape index (κ1) is 60.4. The maximum Gasteiger partial charge on any atom is 0.396 e. The number of likely N-dealkylation sites (tertiary alicyclic amines) is 1. The van der Waals surface area contributed by atoms with Gasteiger partial charge in [0.05, 0.1) is 17.0 Å². The zero-order valence-corrected chi connectivity index (χ0v) is 47.2. The molecule has 5 atom stereocenters. The standard InChI is InChI=1S/C61H67N6O13PS/c1-2-3-24-48(64-58(73)53-33-42-32-41(25-28-52(42)82-53)61(76)81(77,78)79)60(75)66-36-43(34-50(66)57(72)63-47(26-29-54(62)69)51(68)35-45(38-17-11-8-12-18-38)39-19-13-9-14-20-39)80-31-15-7-5-4-6-10-21-40-22-16-23-44-46(40)37-67(59(44)74)49-27-30-55(70)65-56(49)71/h8-9,11-14,16-20,22-23,25,28,32-33,43,45,47-50H,2-7,15,24,26-27,29-31,34-37H2,1H3,(H2,62,69)(H,63,72)(H,64,73)(H,65,70,71)(H2,77,78,79)/t43-,47+,48+,49?,50+/m1/s1. The SMILES string of the molecule is CCCC[C@H](NC(=O)c1cc2cc(C(=O)P(=O)(O)O)ccc2s1)C(=O)N1C[C@H](OCCCCCCC#Cc2cccc3c2CN(C2CCC(=O)NC2=O)C3=O)C[C@H]1C(=O)N[C@@H](CCC(N)=O)C(=O)CC(c1ccccc1)c1ccccc1. The normalized spacial score (nSPS) is 17.7. The number of carbonyl (C=O) groups is 9. The van der Waals surface area contributed by atoms with Gasteiger partial charge in [0, 0.05) is 79.1 Å². The lowest BCUT2D eigenvalue weighted by Crippen LogP contribution is -2.55. The number of piperidine rings is 1. The molecule has 21 heteroatoms. The number of hydrogen-bond acceptors (Lipinski definition) is 12. The lowest BCUT2D eigenvalue weighted by atomic mass is 9.85. The largest absolute Gasteiger partial charge is 0.396 e. The number of Topliss-reactive ketones (excluding diaryl/α,β-unsaturated/α-hetero) is 1. The van der Waals surface area contributed by atoms with Gasteiger partial charge in [-0.05, 0) is 90.6 Å². The molecule has 82 heavy (non-hydrogen) atoms. The predicted octanol–water partition coefficient (Wildman–Crippen LogP) is 6.80. The average molecular weight is 1160 g/mol. The molecule has 3 aliphatic rings. The van der Waals surface area contributed by atoms with Crippen molar-refractivity contribution in [1.29, 1.82) is 0 Å². The van der Waals surface area contributed by atoms with E-state index in [1.807, 2.05) is 73.7 Å². The fraction of sp³-hybridized carbons (Fsp3) is 0.393.